The zero-order chi connectivity index (χ0) is 23.5. The molecule has 0 saturated heterocycles. The fraction of sp³-hybridized carbons (Fsp3) is 0.217. The van der Waals surface area contributed by atoms with Crippen molar-refractivity contribution in [3.05, 3.63) is 77.4 Å². The standard InChI is InChI=1S/C23H16F7NS/c1-21(24,25)14-5-9-17-19(11-14)32-20-12-15(22(2,26)27)6-10-18(20)31(17)16-7-3-13(4-8-16)23(28,29)30/h3-12H,1-2H3. The molecule has 1 nitrogen and oxygen atoms in total. The van der Waals surface area contributed by atoms with Gasteiger partial charge in [-0.05, 0) is 48.5 Å². The number of benzene rings is 3. The first-order chi connectivity index (χ1) is 14.7. The van der Waals surface area contributed by atoms with Crippen LogP contribution in [-0.4, -0.2) is 0 Å². The quantitative estimate of drug-likeness (QED) is 0.275. The summed E-state index contributed by atoms with van der Waals surface area (Å²) in [5, 5.41) is 0. The Bertz CT molecular complexity index is 1100. The molecular formula is C23H16F7NS. The first-order valence-corrected chi connectivity index (χ1v) is 10.3. The van der Waals surface area contributed by atoms with Crippen LogP contribution < -0.4 is 4.90 Å². The maximum atomic E-state index is 13.9. The normalized spacial score (nSPS) is 14.2. The molecule has 168 valence electrons. The van der Waals surface area contributed by atoms with Gasteiger partial charge in [-0.1, -0.05) is 23.9 Å². The molecule has 0 radical (unpaired) electrons. The van der Waals surface area contributed by atoms with Crippen LogP contribution in [0.3, 0.4) is 0 Å². The van der Waals surface area contributed by atoms with E-state index in [1.165, 1.54) is 48.5 Å². The Morgan fingerprint density at radius 1 is 0.594 bits per heavy atom. The maximum absolute atomic E-state index is 13.9. The first kappa shape index (κ1) is 22.5. The van der Waals surface area contributed by atoms with Gasteiger partial charge in [-0.3, -0.25) is 0 Å². The third-order valence-corrected chi connectivity index (χ3v) is 6.18. The van der Waals surface area contributed by atoms with Crippen LogP contribution in [0, 0.1) is 0 Å². The molecule has 1 heterocycles. The van der Waals surface area contributed by atoms with Crippen LogP contribution in [-0.2, 0) is 18.0 Å². The molecule has 0 bridgehead atoms. The van der Waals surface area contributed by atoms with E-state index in [4.69, 9.17) is 0 Å². The summed E-state index contributed by atoms with van der Waals surface area (Å²) < 4.78 is 94.5. The molecular weight excluding hydrogens is 455 g/mol. The highest BCUT2D eigenvalue weighted by molar-refractivity contribution is 7.99. The maximum Gasteiger partial charge on any atom is 0.416 e. The highest BCUT2D eigenvalue weighted by Crippen LogP contribution is 2.53. The zero-order valence-electron chi connectivity index (χ0n) is 16.8. The number of hydrogen-bond acceptors (Lipinski definition) is 2. The molecule has 0 atom stereocenters. The highest BCUT2D eigenvalue weighted by atomic mass is 32.2. The van der Waals surface area contributed by atoms with E-state index >= 15 is 0 Å². The molecule has 3 aromatic rings. The summed E-state index contributed by atoms with van der Waals surface area (Å²) in [6, 6.07) is 12.3. The van der Waals surface area contributed by atoms with E-state index in [1.807, 2.05) is 0 Å². The summed E-state index contributed by atoms with van der Waals surface area (Å²) in [4.78, 5) is 2.34. The molecule has 1 aliphatic rings. The molecule has 0 N–H and O–H groups in total. The van der Waals surface area contributed by atoms with Crippen LogP contribution in [0.4, 0.5) is 47.8 Å². The minimum atomic E-state index is -4.52. The van der Waals surface area contributed by atoms with Gasteiger partial charge in [0.1, 0.15) is 0 Å². The van der Waals surface area contributed by atoms with E-state index in [2.05, 4.69) is 0 Å². The molecule has 0 aromatic heterocycles. The van der Waals surface area contributed by atoms with E-state index in [9.17, 15) is 30.7 Å². The number of alkyl halides is 7. The topological polar surface area (TPSA) is 3.24 Å². The van der Waals surface area contributed by atoms with Crippen molar-refractivity contribution < 1.29 is 30.7 Å². The Balaban J connectivity index is 1.89. The number of nitrogens with zero attached hydrogens (tertiary/aromatic N) is 1. The fourth-order valence-corrected chi connectivity index (χ4v) is 4.57. The molecule has 0 amide bonds. The average Bonchev–Trinajstić information content (AvgIpc) is 2.69. The van der Waals surface area contributed by atoms with Crippen LogP contribution in [0.5, 0.6) is 0 Å². The second-order valence-corrected chi connectivity index (χ2v) is 8.71. The Kier molecular flexibility index (Phi) is 5.23. The van der Waals surface area contributed by atoms with Crippen molar-refractivity contribution in [1.29, 1.82) is 0 Å². The molecule has 0 spiro atoms. The Morgan fingerprint density at radius 2 is 1.00 bits per heavy atom. The lowest BCUT2D eigenvalue weighted by Crippen LogP contribution is -2.17. The second kappa shape index (κ2) is 7.43. The largest absolute Gasteiger partial charge is 0.416 e. The number of rotatable bonds is 3. The summed E-state index contributed by atoms with van der Waals surface area (Å²) in [5.74, 6) is -6.24. The van der Waals surface area contributed by atoms with Gasteiger partial charge in [-0.15, -0.1) is 0 Å². The van der Waals surface area contributed by atoms with Crippen molar-refractivity contribution in [2.45, 2.75) is 41.7 Å². The summed E-state index contributed by atoms with van der Waals surface area (Å²) in [6.07, 6.45) is -4.52. The molecule has 4 rings (SSSR count). The zero-order valence-corrected chi connectivity index (χ0v) is 17.6. The van der Waals surface area contributed by atoms with Gasteiger partial charge in [0.15, 0.2) is 0 Å². The van der Waals surface area contributed by atoms with Gasteiger partial charge in [0, 0.05) is 40.5 Å². The monoisotopic (exact) mass is 471 g/mol. The molecule has 0 unspecified atom stereocenters. The molecule has 0 fully saturated rings. The first-order valence-electron chi connectivity index (χ1n) is 9.45. The predicted molar refractivity (Wildman–Crippen MR) is 109 cm³/mol. The summed E-state index contributed by atoms with van der Waals surface area (Å²) in [6.45, 7) is 1.50. The van der Waals surface area contributed by atoms with E-state index in [0.717, 1.165) is 37.7 Å². The minimum absolute atomic E-state index is 0.253. The van der Waals surface area contributed by atoms with Crippen LogP contribution >= 0.6 is 11.8 Å². The van der Waals surface area contributed by atoms with Gasteiger partial charge in [-0.25, -0.2) is 17.6 Å². The lowest BCUT2D eigenvalue weighted by molar-refractivity contribution is -0.137. The van der Waals surface area contributed by atoms with E-state index in [0.29, 0.717) is 26.9 Å². The molecule has 0 aliphatic carbocycles. The molecule has 1 aliphatic heterocycles. The lowest BCUT2D eigenvalue weighted by Gasteiger charge is -2.34. The van der Waals surface area contributed by atoms with Crippen LogP contribution in [0.25, 0.3) is 0 Å². The Morgan fingerprint density at radius 3 is 1.38 bits per heavy atom. The molecule has 9 heteroatoms. The van der Waals surface area contributed by atoms with Crippen LogP contribution in [0.1, 0.15) is 30.5 Å². The van der Waals surface area contributed by atoms with Gasteiger partial charge >= 0.3 is 6.18 Å². The Hall–Kier alpha value is -2.68. The summed E-state index contributed by atoms with van der Waals surface area (Å²) >= 11 is 1.06. The van der Waals surface area contributed by atoms with Crippen molar-refractivity contribution in [2.75, 3.05) is 4.90 Å². The number of hydrogen-bond donors (Lipinski definition) is 0. The van der Waals surface area contributed by atoms with Gasteiger partial charge in [-0.2, -0.15) is 13.2 Å². The van der Waals surface area contributed by atoms with Crippen molar-refractivity contribution >= 4 is 28.8 Å². The van der Waals surface area contributed by atoms with Crippen molar-refractivity contribution in [2.24, 2.45) is 0 Å². The predicted octanol–water partition coefficient (Wildman–Crippen LogP) is 8.86. The SMILES string of the molecule is CC(F)(F)c1ccc2c(c1)Sc1cc(C(C)(F)F)ccc1N2c1ccc(C(F)(F)F)cc1. The third kappa shape index (κ3) is 4.18. The van der Waals surface area contributed by atoms with Gasteiger partial charge in [0.2, 0.25) is 0 Å². The number of anilines is 3. The van der Waals surface area contributed by atoms with E-state index < -0.39 is 23.6 Å². The molecule has 0 saturated carbocycles. The fourth-order valence-electron chi connectivity index (χ4n) is 3.43. The summed E-state index contributed by atoms with van der Waals surface area (Å²) in [5.41, 5.74) is -0.0755. The minimum Gasteiger partial charge on any atom is -0.308 e. The van der Waals surface area contributed by atoms with Crippen molar-refractivity contribution in [3.8, 4) is 0 Å². The Labute approximate surface area is 183 Å². The smallest absolute Gasteiger partial charge is 0.308 e. The van der Waals surface area contributed by atoms with Crippen LogP contribution in [0.2, 0.25) is 0 Å². The van der Waals surface area contributed by atoms with E-state index in [1.54, 1.807) is 4.90 Å². The number of fused-ring (bicyclic) bond motifs is 2. The van der Waals surface area contributed by atoms with Crippen molar-refractivity contribution in [3.63, 3.8) is 0 Å². The average molecular weight is 471 g/mol. The lowest BCUT2D eigenvalue weighted by atomic mass is 10.1. The number of halogens is 7. The molecule has 3 aromatic carbocycles. The van der Waals surface area contributed by atoms with Gasteiger partial charge in [0.05, 0.1) is 16.9 Å². The second-order valence-electron chi connectivity index (χ2n) is 7.62. The van der Waals surface area contributed by atoms with Gasteiger partial charge < -0.3 is 4.90 Å². The van der Waals surface area contributed by atoms with Gasteiger partial charge in [0.25, 0.3) is 11.8 Å². The molecule has 32 heavy (non-hydrogen) atoms. The third-order valence-electron chi connectivity index (χ3n) is 5.09. The van der Waals surface area contributed by atoms with Crippen molar-refractivity contribution in [1.82, 2.24) is 0 Å². The summed E-state index contributed by atoms with van der Waals surface area (Å²) in [7, 11) is 0. The highest BCUT2D eigenvalue weighted by Gasteiger charge is 2.33. The van der Waals surface area contributed by atoms with Crippen LogP contribution in [0.15, 0.2) is 70.5 Å². The van der Waals surface area contributed by atoms with E-state index in [-0.39, 0.29) is 11.1 Å².